The summed E-state index contributed by atoms with van der Waals surface area (Å²) in [6.45, 7) is 0. The smallest absolute Gasteiger partial charge is 0.135 e. The second-order valence-corrected chi connectivity index (χ2v) is 6.71. The largest absolute Gasteiger partial charge is 0.140 e. The molecule has 3 aromatic carbocycles. The van der Waals surface area contributed by atoms with Gasteiger partial charge in [0.25, 0.3) is 0 Å². The maximum absolute atomic E-state index is 2.34. The number of fused-ring (bicyclic) bond motifs is 3. The van der Waals surface area contributed by atoms with Gasteiger partial charge in [-0.25, -0.2) is 0 Å². The lowest BCUT2D eigenvalue weighted by Crippen LogP contribution is -2.15. The summed E-state index contributed by atoms with van der Waals surface area (Å²) in [6, 6.07) is 22.2. The molecular formula is C18H14B2S. The molecule has 0 bridgehead atoms. The summed E-state index contributed by atoms with van der Waals surface area (Å²) in [5, 5.41) is 2.73. The first-order valence-electron chi connectivity index (χ1n) is 7.21. The molecule has 0 aliphatic rings. The van der Waals surface area contributed by atoms with Crippen LogP contribution in [0.25, 0.3) is 31.3 Å². The zero-order valence-electron chi connectivity index (χ0n) is 12.2. The molecule has 0 saturated carbocycles. The summed E-state index contributed by atoms with van der Waals surface area (Å²) < 4.78 is 2.73. The van der Waals surface area contributed by atoms with Crippen molar-refractivity contribution in [3.8, 4) is 11.1 Å². The molecule has 0 atom stereocenters. The number of benzene rings is 3. The van der Waals surface area contributed by atoms with E-state index in [0.717, 1.165) is 0 Å². The average Bonchev–Trinajstić information content (AvgIpc) is 2.85. The fourth-order valence-corrected chi connectivity index (χ4v) is 4.12. The molecule has 0 N–H and O–H groups in total. The van der Waals surface area contributed by atoms with Gasteiger partial charge in [-0.05, 0) is 29.3 Å². The highest BCUT2D eigenvalue weighted by Crippen LogP contribution is 2.35. The Kier molecular flexibility index (Phi) is 2.90. The summed E-state index contributed by atoms with van der Waals surface area (Å²) in [5.74, 6) is 0. The average molecular weight is 284 g/mol. The van der Waals surface area contributed by atoms with Gasteiger partial charge in [-0.3, -0.25) is 0 Å². The number of thiophene rings is 1. The monoisotopic (exact) mass is 284 g/mol. The van der Waals surface area contributed by atoms with Crippen LogP contribution in [0.5, 0.6) is 0 Å². The first-order chi connectivity index (χ1) is 10.2. The van der Waals surface area contributed by atoms with E-state index in [4.69, 9.17) is 0 Å². The molecule has 0 aliphatic carbocycles. The van der Waals surface area contributed by atoms with Gasteiger partial charge in [0.15, 0.2) is 0 Å². The summed E-state index contributed by atoms with van der Waals surface area (Å²) in [4.78, 5) is 0. The van der Waals surface area contributed by atoms with Crippen molar-refractivity contribution in [2.75, 3.05) is 0 Å². The predicted octanol–water partition coefficient (Wildman–Crippen LogP) is 2.24. The Morgan fingerprint density at radius 1 is 0.714 bits per heavy atom. The number of hydrogen-bond donors (Lipinski definition) is 0. The molecule has 0 nitrogen and oxygen atoms in total. The third-order valence-electron chi connectivity index (χ3n) is 4.07. The molecule has 3 heteroatoms. The molecule has 0 unspecified atom stereocenters. The quantitative estimate of drug-likeness (QED) is 0.470. The van der Waals surface area contributed by atoms with Crippen LogP contribution in [-0.4, -0.2) is 15.7 Å². The molecule has 0 radical (unpaired) electrons. The Morgan fingerprint density at radius 2 is 1.52 bits per heavy atom. The SMILES string of the molecule is Bc1ccc(-c2ccc3sc4ccccc4c3c2)c(B)c1. The predicted molar refractivity (Wildman–Crippen MR) is 101 cm³/mol. The molecular weight excluding hydrogens is 270 g/mol. The van der Waals surface area contributed by atoms with E-state index >= 15 is 0 Å². The molecule has 0 spiro atoms. The maximum atomic E-state index is 2.34. The Morgan fingerprint density at radius 3 is 2.38 bits per heavy atom. The standard InChI is InChI=1S/C18H14B2S/c19-12-6-7-13(16(20)10-12)11-5-8-18-15(9-11)14-3-1-2-4-17(14)21-18/h1-10H,19-20H2. The van der Waals surface area contributed by atoms with E-state index < -0.39 is 0 Å². The molecule has 0 saturated heterocycles. The molecule has 0 amide bonds. The second-order valence-electron chi connectivity index (χ2n) is 5.63. The fraction of sp³-hybridized carbons (Fsp3) is 0. The van der Waals surface area contributed by atoms with E-state index in [1.807, 2.05) is 11.3 Å². The highest BCUT2D eigenvalue weighted by atomic mass is 32.1. The third-order valence-corrected chi connectivity index (χ3v) is 5.22. The van der Waals surface area contributed by atoms with Gasteiger partial charge in [-0.1, -0.05) is 53.4 Å². The minimum absolute atomic E-state index is 1.31. The first-order valence-corrected chi connectivity index (χ1v) is 8.03. The van der Waals surface area contributed by atoms with Gasteiger partial charge in [-0.2, -0.15) is 0 Å². The van der Waals surface area contributed by atoms with Gasteiger partial charge >= 0.3 is 0 Å². The van der Waals surface area contributed by atoms with Crippen LogP contribution in [0.3, 0.4) is 0 Å². The van der Waals surface area contributed by atoms with Crippen LogP contribution in [0.4, 0.5) is 0 Å². The van der Waals surface area contributed by atoms with E-state index in [1.165, 1.54) is 42.2 Å². The molecule has 1 aromatic heterocycles. The molecule has 0 fully saturated rings. The molecule has 21 heavy (non-hydrogen) atoms. The lowest BCUT2D eigenvalue weighted by molar-refractivity contribution is 1.72. The lowest BCUT2D eigenvalue weighted by Gasteiger charge is -2.08. The van der Waals surface area contributed by atoms with Crippen LogP contribution in [-0.2, 0) is 0 Å². The fourth-order valence-electron chi connectivity index (χ4n) is 3.03. The van der Waals surface area contributed by atoms with Crippen molar-refractivity contribution in [3.05, 3.63) is 60.7 Å². The van der Waals surface area contributed by atoms with Gasteiger partial charge in [-0.15, -0.1) is 11.3 Å². The zero-order valence-corrected chi connectivity index (χ0v) is 13.0. The summed E-state index contributed by atoms with van der Waals surface area (Å²) in [6.07, 6.45) is 0. The van der Waals surface area contributed by atoms with Crippen molar-refractivity contribution < 1.29 is 0 Å². The topological polar surface area (TPSA) is 0 Å². The first kappa shape index (κ1) is 12.7. The van der Waals surface area contributed by atoms with Gasteiger partial charge in [0.05, 0.1) is 0 Å². The molecule has 0 aliphatic heterocycles. The van der Waals surface area contributed by atoms with Crippen LogP contribution in [0, 0.1) is 0 Å². The van der Waals surface area contributed by atoms with Crippen LogP contribution < -0.4 is 10.9 Å². The van der Waals surface area contributed by atoms with E-state index in [1.54, 1.807) is 0 Å². The third kappa shape index (κ3) is 2.09. The van der Waals surface area contributed by atoms with Crippen molar-refractivity contribution in [2.45, 2.75) is 0 Å². The van der Waals surface area contributed by atoms with Crippen LogP contribution in [0.2, 0.25) is 0 Å². The van der Waals surface area contributed by atoms with Crippen molar-refractivity contribution in [1.82, 2.24) is 0 Å². The molecule has 98 valence electrons. The van der Waals surface area contributed by atoms with Crippen LogP contribution in [0.1, 0.15) is 0 Å². The highest BCUT2D eigenvalue weighted by molar-refractivity contribution is 7.25. The van der Waals surface area contributed by atoms with Gasteiger partial charge < -0.3 is 0 Å². The van der Waals surface area contributed by atoms with Crippen molar-refractivity contribution in [2.24, 2.45) is 0 Å². The lowest BCUT2D eigenvalue weighted by atomic mass is 9.82. The molecule has 4 rings (SSSR count). The van der Waals surface area contributed by atoms with Crippen LogP contribution in [0.15, 0.2) is 60.7 Å². The Balaban J connectivity index is 1.99. The van der Waals surface area contributed by atoms with E-state index in [9.17, 15) is 0 Å². The van der Waals surface area contributed by atoms with Crippen molar-refractivity contribution in [3.63, 3.8) is 0 Å². The summed E-state index contributed by atoms with van der Waals surface area (Å²) >= 11 is 1.87. The molecule has 1 heterocycles. The minimum Gasteiger partial charge on any atom is -0.135 e. The highest BCUT2D eigenvalue weighted by Gasteiger charge is 2.07. The second kappa shape index (κ2) is 4.78. The maximum Gasteiger partial charge on any atom is 0.140 e. The minimum atomic E-state index is 1.31. The molecule has 4 aromatic rings. The zero-order chi connectivity index (χ0) is 14.4. The van der Waals surface area contributed by atoms with Gasteiger partial charge in [0.1, 0.15) is 15.7 Å². The summed E-state index contributed by atoms with van der Waals surface area (Å²) in [5.41, 5.74) is 5.30. The van der Waals surface area contributed by atoms with Crippen molar-refractivity contribution >= 4 is 58.1 Å². The Bertz CT molecular complexity index is 969. The number of hydrogen-bond acceptors (Lipinski definition) is 1. The van der Waals surface area contributed by atoms with E-state index in [2.05, 4.69) is 76.4 Å². The normalized spacial score (nSPS) is 11.2. The Hall–Kier alpha value is -1.99. The van der Waals surface area contributed by atoms with Crippen LogP contribution >= 0.6 is 11.3 Å². The van der Waals surface area contributed by atoms with E-state index in [0.29, 0.717) is 0 Å². The van der Waals surface area contributed by atoms with E-state index in [-0.39, 0.29) is 0 Å². The Labute approximate surface area is 130 Å². The van der Waals surface area contributed by atoms with Crippen molar-refractivity contribution in [1.29, 1.82) is 0 Å². The van der Waals surface area contributed by atoms with Gasteiger partial charge in [0.2, 0.25) is 0 Å². The van der Waals surface area contributed by atoms with Gasteiger partial charge in [0, 0.05) is 20.2 Å². The summed E-state index contributed by atoms with van der Waals surface area (Å²) in [7, 11) is 4.34. The number of rotatable bonds is 1.